The molecule has 7 heteroatoms. The van der Waals surface area contributed by atoms with Crippen molar-refractivity contribution in [1.82, 2.24) is 4.98 Å². The van der Waals surface area contributed by atoms with Gasteiger partial charge in [0.25, 0.3) is 5.91 Å². The first-order valence-electron chi connectivity index (χ1n) is 5.05. The lowest BCUT2D eigenvalue weighted by Gasteiger charge is -2.07. The van der Waals surface area contributed by atoms with Crippen molar-refractivity contribution in [3.8, 4) is 11.6 Å². The molecule has 0 unspecified atom stereocenters. The van der Waals surface area contributed by atoms with Crippen LogP contribution in [0, 0.1) is 5.82 Å². The molecule has 0 fully saturated rings. The van der Waals surface area contributed by atoms with Crippen LogP contribution in [0.1, 0.15) is 10.4 Å². The molecule has 1 aromatic carbocycles. The number of aromatic nitrogens is 1. The van der Waals surface area contributed by atoms with E-state index in [9.17, 15) is 9.18 Å². The van der Waals surface area contributed by atoms with Gasteiger partial charge in [0, 0.05) is 16.7 Å². The van der Waals surface area contributed by atoms with E-state index in [1.807, 2.05) is 0 Å². The fraction of sp³-hybridized carbons (Fsp3) is 0. The van der Waals surface area contributed by atoms with E-state index in [0.29, 0.717) is 4.47 Å². The number of pyridine rings is 1. The van der Waals surface area contributed by atoms with Crippen molar-refractivity contribution >= 4 is 33.4 Å². The molecule has 0 saturated heterocycles. The van der Waals surface area contributed by atoms with E-state index >= 15 is 0 Å². The number of hydrogen-bond acceptors (Lipinski definition) is 3. The van der Waals surface area contributed by atoms with E-state index in [0.717, 1.165) is 6.07 Å². The molecule has 2 aromatic rings. The molecule has 0 aliphatic rings. The van der Waals surface area contributed by atoms with Crippen molar-refractivity contribution < 1.29 is 13.9 Å². The maximum Gasteiger partial charge on any atom is 0.251 e. The molecule has 2 rings (SSSR count). The molecule has 0 radical (unpaired) electrons. The summed E-state index contributed by atoms with van der Waals surface area (Å²) in [7, 11) is 0. The van der Waals surface area contributed by atoms with Crippen LogP contribution < -0.4 is 10.5 Å². The summed E-state index contributed by atoms with van der Waals surface area (Å²) in [6, 6.07) is 5.28. The molecule has 0 aliphatic carbocycles. The highest BCUT2D eigenvalue weighted by Crippen LogP contribution is 2.29. The Morgan fingerprint density at radius 1 is 1.42 bits per heavy atom. The highest BCUT2D eigenvalue weighted by Gasteiger charge is 2.11. The predicted octanol–water partition coefficient (Wildman–Crippen LogP) is 3.53. The number of ether oxygens (including phenoxy) is 1. The van der Waals surface area contributed by atoms with Crippen LogP contribution in [-0.2, 0) is 0 Å². The summed E-state index contributed by atoms with van der Waals surface area (Å²) < 4.78 is 19.5. The smallest absolute Gasteiger partial charge is 0.251 e. The molecule has 0 saturated carbocycles. The number of benzene rings is 1. The van der Waals surface area contributed by atoms with Gasteiger partial charge in [-0.15, -0.1) is 0 Å². The zero-order chi connectivity index (χ0) is 14.0. The van der Waals surface area contributed by atoms with Crippen LogP contribution in [-0.4, -0.2) is 10.9 Å². The lowest BCUT2D eigenvalue weighted by molar-refractivity contribution is 0.0996. The second-order valence-corrected chi connectivity index (χ2v) is 4.87. The molecule has 19 heavy (non-hydrogen) atoms. The lowest BCUT2D eigenvalue weighted by Crippen LogP contribution is -2.12. The van der Waals surface area contributed by atoms with Gasteiger partial charge in [-0.1, -0.05) is 11.6 Å². The number of primary amides is 1. The summed E-state index contributed by atoms with van der Waals surface area (Å²) in [5.74, 6) is -1.31. The molecule has 98 valence electrons. The predicted molar refractivity (Wildman–Crippen MR) is 71.9 cm³/mol. The SMILES string of the molecule is NC(=O)c1ccc(Oc2ncc(Br)cc2Cl)cc1F. The minimum Gasteiger partial charge on any atom is -0.437 e. The minimum atomic E-state index is -0.844. The first kappa shape index (κ1) is 13.8. The average molecular weight is 346 g/mol. The van der Waals surface area contributed by atoms with Gasteiger partial charge in [-0.05, 0) is 34.1 Å². The summed E-state index contributed by atoms with van der Waals surface area (Å²) in [5, 5.41) is 0.272. The van der Waals surface area contributed by atoms with Crippen molar-refractivity contribution in [2.24, 2.45) is 5.73 Å². The zero-order valence-electron chi connectivity index (χ0n) is 9.36. The normalized spacial score (nSPS) is 10.3. The number of rotatable bonds is 3. The molecule has 0 aliphatic heterocycles. The first-order chi connectivity index (χ1) is 8.97. The van der Waals surface area contributed by atoms with Gasteiger partial charge < -0.3 is 10.5 Å². The Morgan fingerprint density at radius 2 is 2.16 bits per heavy atom. The number of carbonyl (C=O) groups excluding carboxylic acids is 1. The van der Waals surface area contributed by atoms with Crippen molar-refractivity contribution in [2.45, 2.75) is 0 Å². The van der Waals surface area contributed by atoms with Crippen LogP contribution in [0.4, 0.5) is 4.39 Å². The van der Waals surface area contributed by atoms with Crippen LogP contribution in [0.3, 0.4) is 0 Å². The molecule has 0 bridgehead atoms. The second-order valence-electron chi connectivity index (χ2n) is 3.55. The first-order valence-corrected chi connectivity index (χ1v) is 6.22. The number of carbonyl (C=O) groups is 1. The van der Waals surface area contributed by atoms with Crippen LogP contribution >= 0.6 is 27.5 Å². The number of nitrogens with zero attached hydrogens (tertiary/aromatic N) is 1. The summed E-state index contributed by atoms with van der Waals surface area (Å²) >= 11 is 9.12. The number of nitrogens with two attached hydrogens (primary N) is 1. The summed E-state index contributed by atoms with van der Waals surface area (Å²) in [5.41, 5.74) is 4.79. The molecular weight excluding hydrogens is 338 g/mol. The van der Waals surface area contributed by atoms with Gasteiger partial charge in [-0.2, -0.15) is 0 Å². The molecule has 0 atom stereocenters. The van der Waals surface area contributed by atoms with Gasteiger partial charge in [-0.25, -0.2) is 9.37 Å². The van der Waals surface area contributed by atoms with Crippen molar-refractivity contribution in [3.63, 3.8) is 0 Å². The van der Waals surface area contributed by atoms with Gasteiger partial charge in [0.15, 0.2) is 0 Å². The fourth-order valence-electron chi connectivity index (χ4n) is 1.35. The number of amides is 1. The van der Waals surface area contributed by atoms with Crippen LogP contribution in [0.15, 0.2) is 34.9 Å². The Bertz CT molecular complexity index is 652. The lowest BCUT2D eigenvalue weighted by atomic mass is 10.2. The van der Waals surface area contributed by atoms with Crippen molar-refractivity contribution in [1.29, 1.82) is 0 Å². The quantitative estimate of drug-likeness (QED) is 0.925. The molecule has 1 amide bonds. The van der Waals surface area contributed by atoms with E-state index < -0.39 is 11.7 Å². The van der Waals surface area contributed by atoms with Crippen LogP contribution in [0.5, 0.6) is 11.6 Å². The van der Waals surface area contributed by atoms with E-state index in [1.165, 1.54) is 18.3 Å². The Labute approximate surface area is 121 Å². The van der Waals surface area contributed by atoms with Gasteiger partial charge in [0.2, 0.25) is 5.88 Å². The molecular formula is C12H7BrClFN2O2. The molecule has 4 nitrogen and oxygen atoms in total. The molecule has 1 aromatic heterocycles. The van der Waals surface area contributed by atoms with Crippen LogP contribution in [0.2, 0.25) is 5.02 Å². The number of hydrogen-bond donors (Lipinski definition) is 1. The largest absolute Gasteiger partial charge is 0.437 e. The highest BCUT2D eigenvalue weighted by atomic mass is 79.9. The van der Waals surface area contributed by atoms with E-state index in [1.54, 1.807) is 6.07 Å². The Kier molecular flexibility index (Phi) is 4.01. The monoisotopic (exact) mass is 344 g/mol. The summed E-state index contributed by atoms with van der Waals surface area (Å²) in [6.07, 6.45) is 1.50. The van der Waals surface area contributed by atoms with Crippen molar-refractivity contribution in [3.05, 3.63) is 51.3 Å². The number of halogens is 3. The van der Waals surface area contributed by atoms with Gasteiger partial charge in [0.05, 0.1) is 5.56 Å². The Balaban J connectivity index is 2.29. The topological polar surface area (TPSA) is 65.2 Å². The maximum absolute atomic E-state index is 13.5. The van der Waals surface area contributed by atoms with E-state index in [4.69, 9.17) is 22.1 Å². The molecule has 2 N–H and O–H groups in total. The average Bonchev–Trinajstić information content (AvgIpc) is 2.32. The third-order valence-electron chi connectivity index (χ3n) is 2.19. The molecule has 1 heterocycles. The molecule has 0 spiro atoms. The van der Waals surface area contributed by atoms with Crippen molar-refractivity contribution in [2.75, 3.05) is 0 Å². The Morgan fingerprint density at radius 3 is 2.74 bits per heavy atom. The fourth-order valence-corrected chi connectivity index (χ4v) is 2.02. The van der Waals surface area contributed by atoms with Crippen LogP contribution in [0.25, 0.3) is 0 Å². The van der Waals surface area contributed by atoms with Gasteiger partial charge >= 0.3 is 0 Å². The Hall–Kier alpha value is -1.66. The third-order valence-corrected chi connectivity index (χ3v) is 2.90. The van der Waals surface area contributed by atoms with E-state index in [2.05, 4.69) is 20.9 Å². The highest BCUT2D eigenvalue weighted by molar-refractivity contribution is 9.10. The zero-order valence-corrected chi connectivity index (χ0v) is 11.7. The summed E-state index contributed by atoms with van der Waals surface area (Å²) in [6.45, 7) is 0. The minimum absolute atomic E-state index is 0.135. The summed E-state index contributed by atoms with van der Waals surface area (Å²) in [4.78, 5) is 14.8. The third kappa shape index (κ3) is 3.21. The maximum atomic E-state index is 13.5. The second kappa shape index (κ2) is 5.54. The van der Waals surface area contributed by atoms with Gasteiger partial charge in [0.1, 0.15) is 16.6 Å². The van der Waals surface area contributed by atoms with Gasteiger partial charge in [-0.3, -0.25) is 4.79 Å². The standard InChI is InChI=1S/C12H7BrClFN2O2/c13-6-3-9(14)12(17-5-6)19-7-1-2-8(11(16)18)10(15)4-7/h1-5H,(H2,16,18). The van der Waals surface area contributed by atoms with E-state index in [-0.39, 0.29) is 22.2 Å².